The summed E-state index contributed by atoms with van der Waals surface area (Å²) in [5, 5.41) is 8.40. The number of fused-ring (bicyclic) bond motifs is 1. The second-order valence-corrected chi connectivity index (χ2v) is 7.89. The fourth-order valence-electron chi connectivity index (χ4n) is 3.09. The number of ketones is 1. The third kappa shape index (κ3) is 5.27. The van der Waals surface area contributed by atoms with Crippen LogP contribution in [0.4, 0.5) is 0 Å². The Morgan fingerprint density at radius 3 is 2.14 bits per heavy atom. The van der Waals surface area contributed by atoms with Crippen LogP contribution in [0.1, 0.15) is 58.2 Å². The summed E-state index contributed by atoms with van der Waals surface area (Å²) in [6.45, 7) is 12.0. The average Bonchev–Trinajstić information content (AvgIpc) is 2.59. The quantitative estimate of drug-likeness (QED) is 0.229. The van der Waals surface area contributed by atoms with Crippen molar-refractivity contribution in [3.05, 3.63) is 83.1 Å². The molecule has 0 bridgehead atoms. The summed E-state index contributed by atoms with van der Waals surface area (Å²) in [4.78, 5) is 13.5. The van der Waals surface area contributed by atoms with Crippen molar-refractivity contribution in [2.45, 2.75) is 52.5 Å². The van der Waals surface area contributed by atoms with E-state index >= 15 is 0 Å². The zero-order chi connectivity index (χ0) is 20.2. The molecule has 2 N–H and O–H groups in total. The molecule has 0 aliphatic carbocycles. The fraction of sp³-hybridized carbons (Fsp3) is 0.333. The second-order valence-electron chi connectivity index (χ2n) is 7.89. The van der Waals surface area contributed by atoms with Gasteiger partial charge < -0.3 is 10.1 Å². The predicted molar refractivity (Wildman–Crippen MR) is 113 cm³/mol. The molecule has 1 heterocycles. The van der Waals surface area contributed by atoms with Crippen molar-refractivity contribution in [3.63, 3.8) is 0 Å². The number of hydrogen-bond acceptors (Lipinski definition) is 2. The molecule has 0 atom stereocenters. The Balaban J connectivity index is 0.000000425. The van der Waals surface area contributed by atoms with Crippen LogP contribution in [0.25, 0.3) is 0 Å². The Kier molecular flexibility index (Phi) is 8.10. The van der Waals surface area contributed by atoms with Gasteiger partial charge in [-0.25, -0.2) is 0 Å². The molecule has 0 saturated heterocycles. The molecule has 0 unspecified atom stereocenters. The van der Waals surface area contributed by atoms with Crippen LogP contribution in [0, 0.1) is 6.07 Å². The van der Waals surface area contributed by atoms with Crippen LogP contribution >= 0.6 is 0 Å². The Labute approximate surface area is 182 Å². The normalized spacial score (nSPS) is 16.5. The first-order chi connectivity index (χ1) is 12.6. The molecule has 1 aliphatic rings. The summed E-state index contributed by atoms with van der Waals surface area (Å²) in [7, 11) is 0. The minimum atomic E-state index is -0.139. The molecule has 0 amide bonds. The number of aliphatic hydroxyl groups excluding tert-OH is 1. The Bertz CT molecular complexity index is 876. The van der Waals surface area contributed by atoms with E-state index in [9.17, 15) is 0 Å². The van der Waals surface area contributed by atoms with Gasteiger partial charge in [0.1, 0.15) is 0 Å². The van der Waals surface area contributed by atoms with Gasteiger partial charge in [-0.1, -0.05) is 38.1 Å². The Morgan fingerprint density at radius 1 is 1.04 bits per heavy atom. The standard InChI is InChI=1S/C19H20N.C5H8O2.Ir/c1-18(2)16-13-9-8-12-15(16)17(20-19(18,3)4)14-10-6-5-7-11-14;1-4(6)3-5(2)7;/h5-10,12-13H,1-4H3;3,6H,1-2H3;/q-1;;/p+1/b;4-3-;. The van der Waals surface area contributed by atoms with Gasteiger partial charge in [-0.05, 0) is 37.6 Å². The number of nitrogens with zero attached hydrogens (tertiary/aromatic N) is 1. The maximum absolute atomic E-state index is 8.40. The molecule has 0 saturated carbocycles. The minimum absolute atomic E-state index is 0. The van der Waals surface area contributed by atoms with E-state index in [4.69, 9.17) is 14.9 Å². The van der Waals surface area contributed by atoms with Gasteiger partial charge in [0.2, 0.25) is 0 Å². The van der Waals surface area contributed by atoms with Crippen LogP contribution in [-0.2, 0) is 25.5 Å². The molecule has 0 fully saturated rings. The maximum atomic E-state index is 8.40. The van der Waals surface area contributed by atoms with Crippen LogP contribution in [-0.4, -0.2) is 26.9 Å². The van der Waals surface area contributed by atoms with Gasteiger partial charge in [-0.15, -0.1) is 35.9 Å². The summed E-state index contributed by atoms with van der Waals surface area (Å²) in [6, 6.07) is 20.0. The van der Waals surface area contributed by atoms with Crippen LogP contribution in [0.3, 0.4) is 0 Å². The molecule has 2 aromatic carbocycles. The predicted octanol–water partition coefficient (Wildman–Crippen LogP) is 5.40. The third-order valence-corrected chi connectivity index (χ3v) is 5.16. The molecule has 0 spiro atoms. The molecule has 2 aromatic rings. The summed E-state index contributed by atoms with van der Waals surface area (Å²) in [5.41, 5.74) is 4.61. The van der Waals surface area contributed by atoms with Crippen molar-refractivity contribution in [1.29, 1.82) is 0 Å². The van der Waals surface area contributed by atoms with Gasteiger partial charge >= 0.3 is 5.78 Å². The van der Waals surface area contributed by atoms with E-state index in [1.165, 1.54) is 31.1 Å². The van der Waals surface area contributed by atoms with Crippen LogP contribution < -0.4 is 0 Å². The number of hydrogen-bond donors (Lipinski definition) is 1. The summed E-state index contributed by atoms with van der Waals surface area (Å²) in [6.07, 6.45) is 1.28. The van der Waals surface area contributed by atoms with Gasteiger partial charge in [0.25, 0.3) is 0 Å². The first-order valence-corrected chi connectivity index (χ1v) is 9.13. The van der Waals surface area contributed by atoms with E-state index in [2.05, 4.69) is 64.1 Å². The first kappa shape index (κ1) is 24.0. The Hall–Kier alpha value is -2.03. The van der Waals surface area contributed by atoms with Gasteiger partial charge in [0.15, 0.2) is 0 Å². The van der Waals surface area contributed by atoms with Gasteiger partial charge in [-0.3, -0.25) is 4.79 Å². The molecule has 151 valence electrons. The van der Waals surface area contributed by atoms with Crippen molar-refractivity contribution in [2.24, 2.45) is 4.99 Å². The van der Waals surface area contributed by atoms with Crippen molar-refractivity contribution in [1.82, 2.24) is 0 Å². The summed E-state index contributed by atoms with van der Waals surface area (Å²) in [5.74, 6) is 0.250. The van der Waals surface area contributed by atoms with Crippen molar-refractivity contribution in [2.75, 3.05) is 0 Å². The van der Waals surface area contributed by atoms with Crippen LogP contribution in [0.15, 0.2) is 65.4 Å². The van der Waals surface area contributed by atoms with Crippen molar-refractivity contribution >= 4 is 11.5 Å². The van der Waals surface area contributed by atoms with E-state index in [1.807, 2.05) is 18.2 Å². The molecule has 1 radical (unpaired) electrons. The number of aliphatic imine (C=N–C) groups is 1. The van der Waals surface area contributed by atoms with E-state index in [0.29, 0.717) is 0 Å². The number of allylic oxidation sites excluding steroid dienone is 2. The molecule has 3 rings (SSSR count). The van der Waals surface area contributed by atoms with Crippen molar-refractivity contribution in [3.8, 4) is 0 Å². The molecule has 1 aliphatic heterocycles. The van der Waals surface area contributed by atoms with E-state index in [1.54, 1.807) is 0 Å². The number of aliphatic hydroxyl groups is 1. The first-order valence-electron chi connectivity index (χ1n) is 9.13. The topological polar surface area (TPSA) is 54.0 Å². The molecule has 3 nitrogen and oxygen atoms in total. The zero-order valence-corrected chi connectivity index (χ0v) is 19.8. The minimum Gasteiger partial charge on any atom is -0.512 e. The number of rotatable bonds is 2. The van der Waals surface area contributed by atoms with Crippen molar-refractivity contribution < 1.29 is 30.0 Å². The summed E-state index contributed by atoms with van der Waals surface area (Å²) < 4.78 is 0. The smallest absolute Gasteiger partial charge is 0.316 e. The van der Waals surface area contributed by atoms with Crippen LogP contribution in [0.2, 0.25) is 0 Å². The van der Waals surface area contributed by atoms with Gasteiger partial charge in [0.05, 0.1) is 24.3 Å². The van der Waals surface area contributed by atoms with E-state index in [-0.39, 0.29) is 42.6 Å². The van der Waals surface area contributed by atoms with Crippen LogP contribution in [0.5, 0.6) is 0 Å². The average molecular weight is 556 g/mol. The SMILES string of the molecule is CC(=[OH+])/C=C(/C)O.CC1(C)N=C(c2[c-]cccc2)c2ccccc2C1(C)C.[Ir]. The molecule has 0 aromatic heterocycles. The molecule has 28 heavy (non-hydrogen) atoms. The van der Waals surface area contributed by atoms with E-state index in [0.717, 1.165) is 11.3 Å². The fourth-order valence-corrected chi connectivity index (χ4v) is 3.09. The Morgan fingerprint density at radius 2 is 1.64 bits per heavy atom. The monoisotopic (exact) mass is 556 g/mol. The summed E-state index contributed by atoms with van der Waals surface area (Å²) >= 11 is 0. The van der Waals surface area contributed by atoms with Gasteiger partial charge in [-0.2, -0.15) is 0 Å². The molecular weight excluding hydrogens is 526 g/mol. The molecule has 4 heteroatoms. The third-order valence-electron chi connectivity index (χ3n) is 5.16. The largest absolute Gasteiger partial charge is 0.512 e. The van der Waals surface area contributed by atoms with E-state index < -0.39 is 0 Å². The van der Waals surface area contributed by atoms with Gasteiger partial charge in [0, 0.05) is 25.5 Å². The number of carbonyl (C=O) groups excluding carboxylic acids is 1. The number of benzene rings is 2. The molecular formula is C24H29IrNO2. The zero-order valence-electron chi connectivity index (χ0n) is 17.4. The maximum Gasteiger partial charge on any atom is 0.316 e. The second kappa shape index (κ2) is 9.45.